The number of hydrogen-bond acceptors (Lipinski definition) is 3. The molecule has 0 atom stereocenters. The SMILES string of the molecule is O=C(Cc1ccncc1Cl)c1ccc(C(F)(F)F)cn1. The summed E-state index contributed by atoms with van der Waals surface area (Å²) < 4.78 is 37.1. The zero-order valence-electron chi connectivity index (χ0n) is 9.99. The molecule has 0 aliphatic heterocycles. The summed E-state index contributed by atoms with van der Waals surface area (Å²) in [6, 6.07) is 3.46. The van der Waals surface area contributed by atoms with Gasteiger partial charge < -0.3 is 0 Å². The second-order valence-corrected chi connectivity index (χ2v) is 4.40. The summed E-state index contributed by atoms with van der Waals surface area (Å²) in [7, 11) is 0. The van der Waals surface area contributed by atoms with Crippen LogP contribution in [0.1, 0.15) is 21.6 Å². The van der Waals surface area contributed by atoms with Crippen molar-refractivity contribution in [3.63, 3.8) is 0 Å². The molecule has 20 heavy (non-hydrogen) atoms. The molecule has 0 aromatic carbocycles. The Morgan fingerprint density at radius 1 is 1.20 bits per heavy atom. The Morgan fingerprint density at radius 2 is 1.95 bits per heavy atom. The monoisotopic (exact) mass is 300 g/mol. The van der Waals surface area contributed by atoms with Gasteiger partial charge in [-0.2, -0.15) is 13.2 Å². The first-order valence-electron chi connectivity index (χ1n) is 5.53. The van der Waals surface area contributed by atoms with E-state index in [1.165, 1.54) is 12.4 Å². The molecule has 0 saturated carbocycles. The standard InChI is InChI=1S/C13H8ClF3N2O/c14-10-7-18-4-3-8(10)5-12(20)11-2-1-9(6-19-11)13(15,16)17/h1-4,6-7H,5H2. The van der Waals surface area contributed by atoms with Crippen LogP contribution in [-0.4, -0.2) is 15.8 Å². The number of rotatable bonds is 3. The lowest BCUT2D eigenvalue weighted by molar-refractivity contribution is -0.137. The fraction of sp³-hybridized carbons (Fsp3) is 0.154. The predicted octanol–water partition coefficient (Wildman–Crippen LogP) is 3.57. The Hall–Kier alpha value is -1.95. The van der Waals surface area contributed by atoms with E-state index < -0.39 is 17.5 Å². The number of hydrogen-bond donors (Lipinski definition) is 0. The number of halogens is 4. The molecule has 3 nitrogen and oxygen atoms in total. The number of nitrogens with zero attached hydrogens (tertiary/aromatic N) is 2. The maximum atomic E-state index is 12.4. The van der Waals surface area contributed by atoms with Gasteiger partial charge in [0.15, 0.2) is 5.78 Å². The van der Waals surface area contributed by atoms with E-state index in [1.807, 2.05) is 0 Å². The molecule has 0 unspecified atom stereocenters. The summed E-state index contributed by atoms with van der Waals surface area (Å²) in [6.45, 7) is 0. The summed E-state index contributed by atoms with van der Waals surface area (Å²) in [5.74, 6) is -0.410. The van der Waals surface area contributed by atoms with Crippen LogP contribution in [0.3, 0.4) is 0 Å². The van der Waals surface area contributed by atoms with E-state index in [-0.39, 0.29) is 12.1 Å². The quantitative estimate of drug-likeness (QED) is 0.814. The van der Waals surface area contributed by atoms with E-state index in [4.69, 9.17) is 11.6 Å². The fourth-order valence-electron chi connectivity index (χ4n) is 1.54. The van der Waals surface area contributed by atoms with E-state index in [1.54, 1.807) is 6.07 Å². The normalized spacial score (nSPS) is 11.4. The molecule has 0 aliphatic rings. The van der Waals surface area contributed by atoms with E-state index in [9.17, 15) is 18.0 Å². The topological polar surface area (TPSA) is 42.9 Å². The van der Waals surface area contributed by atoms with Gasteiger partial charge in [-0.15, -0.1) is 0 Å². The number of Topliss-reactive ketones (excluding diaryl/α,β-unsaturated/α-hetero) is 1. The number of pyridine rings is 2. The minimum Gasteiger partial charge on any atom is -0.292 e. The van der Waals surface area contributed by atoms with Gasteiger partial charge in [0.05, 0.1) is 10.6 Å². The maximum absolute atomic E-state index is 12.4. The second kappa shape index (κ2) is 5.58. The van der Waals surface area contributed by atoms with Crippen LogP contribution in [0.5, 0.6) is 0 Å². The van der Waals surface area contributed by atoms with Crippen molar-refractivity contribution in [2.75, 3.05) is 0 Å². The minimum atomic E-state index is -4.47. The number of ketones is 1. The fourth-order valence-corrected chi connectivity index (χ4v) is 1.72. The van der Waals surface area contributed by atoms with Crippen LogP contribution >= 0.6 is 11.6 Å². The molecule has 2 aromatic heterocycles. The van der Waals surface area contributed by atoms with Crippen molar-refractivity contribution in [3.8, 4) is 0 Å². The minimum absolute atomic E-state index is 0.0362. The molecule has 0 aliphatic carbocycles. The molecule has 2 aromatic rings. The lowest BCUT2D eigenvalue weighted by atomic mass is 10.1. The summed E-state index contributed by atoms with van der Waals surface area (Å²) in [5, 5.41) is 0.327. The zero-order valence-corrected chi connectivity index (χ0v) is 10.7. The van der Waals surface area contributed by atoms with Crippen LogP contribution in [0.15, 0.2) is 36.8 Å². The Kier molecular flexibility index (Phi) is 4.04. The van der Waals surface area contributed by atoms with E-state index >= 15 is 0 Å². The van der Waals surface area contributed by atoms with Gasteiger partial charge in [0, 0.05) is 25.0 Å². The van der Waals surface area contributed by atoms with Gasteiger partial charge in [0.2, 0.25) is 0 Å². The van der Waals surface area contributed by atoms with E-state index in [0.717, 1.165) is 12.1 Å². The van der Waals surface area contributed by atoms with Gasteiger partial charge >= 0.3 is 6.18 Å². The van der Waals surface area contributed by atoms with Crippen molar-refractivity contribution in [2.45, 2.75) is 12.6 Å². The zero-order chi connectivity index (χ0) is 14.8. The first-order chi connectivity index (χ1) is 9.38. The molecular weight excluding hydrogens is 293 g/mol. The van der Waals surface area contributed by atoms with Crippen LogP contribution < -0.4 is 0 Å². The lowest BCUT2D eigenvalue weighted by Crippen LogP contribution is -2.10. The van der Waals surface area contributed by atoms with Crippen molar-refractivity contribution in [1.82, 2.24) is 9.97 Å². The van der Waals surface area contributed by atoms with Gasteiger partial charge in [0.25, 0.3) is 0 Å². The smallest absolute Gasteiger partial charge is 0.292 e. The molecule has 7 heteroatoms. The van der Waals surface area contributed by atoms with Crippen LogP contribution in [0, 0.1) is 0 Å². The molecule has 0 bridgehead atoms. The molecule has 0 radical (unpaired) electrons. The third-order valence-electron chi connectivity index (χ3n) is 2.58. The molecule has 0 N–H and O–H groups in total. The Balaban J connectivity index is 2.16. The molecule has 0 amide bonds. The van der Waals surface area contributed by atoms with Crippen LogP contribution in [0.2, 0.25) is 5.02 Å². The van der Waals surface area contributed by atoms with Gasteiger partial charge in [-0.1, -0.05) is 11.6 Å². The van der Waals surface area contributed by atoms with Gasteiger partial charge in [-0.05, 0) is 23.8 Å². The van der Waals surface area contributed by atoms with Crippen molar-refractivity contribution in [1.29, 1.82) is 0 Å². The second-order valence-electron chi connectivity index (χ2n) is 4.00. The highest BCUT2D eigenvalue weighted by atomic mass is 35.5. The highest BCUT2D eigenvalue weighted by molar-refractivity contribution is 6.31. The molecule has 0 saturated heterocycles. The lowest BCUT2D eigenvalue weighted by Gasteiger charge is -2.07. The van der Waals surface area contributed by atoms with Crippen molar-refractivity contribution >= 4 is 17.4 Å². The first kappa shape index (κ1) is 14.5. The molecule has 2 heterocycles. The predicted molar refractivity (Wildman–Crippen MR) is 66.5 cm³/mol. The highest BCUT2D eigenvalue weighted by Crippen LogP contribution is 2.28. The summed E-state index contributed by atoms with van der Waals surface area (Å²) >= 11 is 5.86. The third kappa shape index (κ3) is 3.33. The van der Waals surface area contributed by atoms with E-state index in [0.29, 0.717) is 16.8 Å². The van der Waals surface area contributed by atoms with Crippen molar-refractivity contribution in [3.05, 3.63) is 58.6 Å². The molecule has 104 valence electrons. The number of carbonyl (C=O) groups is 1. The van der Waals surface area contributed by atoms with Crippen molar-refractivity contribution in [2.24, 2.45) is 0 Å². The number of alkyl halides is 3. The third-order valence-corrected chi connectivity index (χ3v) is 2.92. The average Bonchev–Trinajstić information content (AvgIpc) is 2.40. The van der Waals surface area contributed by atoms with Crippen LogP contribution in [-0.2, 0) is 12.6 Å². The molecule has 0 fully saturated rings. The Morgan fingerprint density at radius 3 is 2.50 bits per heavy atom. The molecule has 0 spiro atoms. The summed E-state index contributed by atoms with van der Waals surface area (Å²) in [6.07, 6.45) is -0.997. The van der Waals surface area contributed by atoms with E-state index in [2.05, 4.69) is 9.97 Å². The summed E-state index contributed by atoms with van der Waals surface area (Å²) in [4.78, 5) is 19.2. The van der Waals surface area contributed by atoms with Crippen molar-refractivity contribution < 1.29 is 18.0 Å². The summed E-state index contributed by atoms with van der Waals surface area (Å²) in [5.41, 5.74) is -0.379. The largest absolute Gasteiger partial charge is 0.417 e. The van der Waals surface area contributed by atoms with Gasteiger partial charge in [-0.25, -0.2) is 0 Å². The highest BCUT2D eigenvalue weighted by Gasteiger charge is 2.30. The maximum Gasteiger partial charge on any atom is 0.417 e. The Bertz CT molecular complexity index is 626. The van der Waals surface area contributed by atoms with Gasteiger partial charge in [-0.3, -0.25) is 14.8 Å². The van der Waals surface area contributed by atoms with Gasteiger partial charge in [0.1, 0.15) is 5.69 Å². The van der Waals surface area contributed by atoms with Crippen LogP contribution in [0.4, 0.5) is 13.2 Å². The number of carbonyl (C=O) groups excluding carboxylic acids is 1. The average molecular weight is 301 g/mol. The van der Waals surface area contributed by atoms with Crippen LogP contribution in [0.25, 0.3) is 0 Å². The number of aromatic nitrogens is 2. The first-order valence-corrected chi connectivity index (χ1v) is 5.90. The molecule has 2 rings (SSSR count). The Labute approximate surface area is 117 Å². The molecular formula is C13H8ClF3N2O.